The maximum atomic E-state index is 11.8. The van der Waals surface area contributed by atoms with Gasteiger partial charge in [0.1, 0.15) is 17.1 Å². The van der Waals surface area contributed by atoms with Gasteiger partial charge in [0.15, 0.2) is 0 Å². The second-order valence-corrected chi connectivity index (χ2v) is 5.75. The van der Waals surface area contributed by atoms with Crippen LogP contribution in [-0.2, 0) is 16.1 Å². The second kappa shape index (κ2) is 8.30. The third-order valence-electron chi connectivity index (χ3n) is 3.25. The molecule has 2 amide bonds. The molecule has 24 heavy (non-hydrogen) atoms. The molecule has 0 bridgehead atoms. The van der Waals surface area contributed by atoms with Crippen molar-refractivity contribution in [2.75, 3.05) is 13.7 Å². The Morgan fingerprint density at radius 1 is 1.29 bits per heavy atom. The first kappa shape index (κ1) is 17.7. The second-order valence-electron chi connectivity index (χ2n) is 4.97. The summed E-state index contributed by atoms with van der Waals surface area (Å²) in [6.45, 7) is 2.05. The molecule has 0 aliphatic rings. The van der Waals surface area contributed by atoms with Gasteiger partial charge in [-0.2, -0.15) is 11.3 Å². The van der Waals surface area contributed by atoms with Gasteiger partial charge in [-0.15, -0.1) is 0 Å². The number of rotatable bonds is 7. The predicted molar refractivity (Wildman–Crippen MR) is 87.9 cm³/mol. The SMILES string of the molecule is COC(=O)c1cc(CNC(=O)CCNC(=O)c2ccsc2)oc1C. The van der Waals surface area contributed by atoms with E-state index in [0.29, 0.717) is 22.6 Å². The van der Waals surface area contributed by atoms with Crippen LogP contribution in [-0.4, -0.2) is 31.4 Å². The number of esters is 1. The Labute approximate surface area is 143 Å². The smallest absolute Gasteiger partial charge is 0.341 e. The fourth-order valence-electron chi connectivity index (χ4n) is 2.00. The molecule has 0 atom stereocenters. The average molecular weight is 350 g/mol. The molecule has 0 aromatic carbocycles. The number of thiophene rings is 1. The standard InChI is InChI=1S/C16H18N2O5S/c1-10-13(16(21)22-2)7-12(23-10)8-18-14(19)3-5-17-15(20)11-4-6-24-9-11/h4,6-7,9H,3,5,8H2,1-2H3,(H,17,20)(H,18,19). The van der Waals surface area contributed by atoms with Crippen LogP contribution in [0.3, 0.4) is 0 Å². The average Bonchev–Trinajstić information content (AvgIpc) is 3.22. The summed E-state index contributed by atoms with van der Waals surface area (Å²) in [5, 5.41) is 8.90. The summed E-state index contributed by atoms with van der Waals surface area (Å²) in [5.74, 6) is -0.00891. The number of amides is 2. The number of furan rings is 1. The van der Waals surface area contributed by atoms with Gasteiger partial charge in [0.25, 0.3) is 5.91 Å². The molecule has 0 spiro atoms. The number of hydrogen-bond acceptors (Lipinski definition) is 6. The number of methoxy groups -OCH3 is 1. The maximum Gasteiger partial charge on any atom is 0.341 e. The zero-order chi connectivity index (χ0) is 17.5. The summed E-state index contributed by atoms with van der Waals surface area (Å²) in [6.07, 6.45) is 0.152. The van der Waals surface area contributed by atoms with E-state index in [1.165, 1.54) is 18.4 Å². The van der Waals surface area contributed by atoms with Crippen LogP contribution >= 0.6 is 11.3 Å². The van der Waals surface area contributed by atoms with Crippen molar-refractivity contribution in [3.63, 3.8) is 0 Å². The topological polar surface area (TPSA) is 97.6 Å². The number of carbonyl (C=O) groups is 3. The van der Waals surface area contributed by atoms with E-state index in [4.69, 9.17) is 4.42 Å². The van der Waals surface area contributed by atoms with Gasteiger partial charge < -0.3 is 19.8 Å². The molecular formula is C16H18N2O5S. The molecule has 2 N–H and O–H groups in total. The van der Waals surface area contributed by atoms with Gasteiger partial charge in [0, 0.05) is 23.9 Å². The molecule has 8 heteroatoms. The van der Waals surface area contributed by atoms with Crippen LogP contribution < -0.4 is 10.6 Å². The van der Waals surface area contributed by atoms with Gasteiger partial charge >= 0.3 is 5.97 Å². The summed E-state index contributed by atoms with van der Waals surface area (Å²) >= 11 is 1.44. The van der Waals surface area contributed by atoms with Crippen LogP contribution in [0.15, 0.2) is 27.3 Å². The van der Waals surface area contributed by atoms with Crippen molar-refractivity contribution >= 4 is 29.1 Å². The third kappa shape index (κ3) is 4.69. The molecule has 0 fully saturated rings. The molecule has 2 heterocycles. The molecule has 2 aromatic rings. The highest BCUT2D eigenvalue weighted by Crippen LogP contribution is 2.15. The molecule has 2 aromatic heterocycles. The third-order valence-corrected chi connectivity index (χ3v) is 3.94. The Kier molecular flexibility index (Phi) is 6.14. The summed E-state index contributed by atoms with van der Waals surface area (Å²) < 4.78 is 10.0. The first-order chi connectivity index (χ1) is 11.5. The molecule has 7 nitrogen and oxygen atoms in total. The van der Waals surface area contributed by atoms with E-state index in [-0.39, 0.29) is 31.3 Å². The molecule has 0 saturated heterocycles. The molecule has 0 aliphatic carbocycles. The van der Waals surface area contributed by atoms with Crippen LogP contribution in [0.2, 0.25) is 0 Å². The highest BCUT2D eigenvalue weighted by Gasteiger charge is 2.15. The Hall–Kier alpha value is -2.61. The van der Waals surface area contributed by atoms with E-state index in [9.17, 15) is 14.4 Å². The van der Waals surface area contributed by atoms with Gasteiger partial charge in [-0.25, -0.2) is 4.79 Å². The van der Waals surface area contributed by atoms with E-state index in [1.54, 1.807) is 24.4 Å². The van der Waals surface area contributed by atoms with Crippen LogP contribution in [0.25, 0.3) is 0 Å². The first-order valence-corrected chi connectivity index (χ1v) is 8.20. The molecular weight excluding hydrogens is 332 g/mol. The quantitative estimate of drug-likeness (QED) is 0.743. The number of ether oxygens (including phenoxy) is 1. The Bertz CT molecular complexity index is 721. The van der Waals surface area contributed by atoms with E-state index in [0.717, 1.165) is 0 Å². The first-order valence-electron chi connectivity index (χ1n) is 7.26. The van der Waals surface area contributed by atoms with Crippen LogP contribution in [0.5, 0.6) is 0 Å². The van der Waals surface area contributed by atoms with Gasteiger partial charge in [0.05, 0.1) is 13.7 Å². The van der Waals surface area contributed by atoms with Gasteiger partial charge in [0.2, 0.25) is 5.91 Å². The number of nitrogens with one attached hydrogen (secondary N) is 2. The van der Waals surface area contributed by atoms with Crippen molar-refractivity contribution < 1.29 is 23.5 Å². The van der Waals surface area contributed by atoms with Crippen molar-refractivity contribution in [2.24, 2.45) is 0 Å². The molecule has 0 radical (unpaired) electrons. The summed E-state index contributed by atoms with van der Waals surface area (Å²) in [4.78, 5) is 35.0. The predicted octanol–water partition coefficient (Wildman–Crippen LogP) is 1.87. The normalized spacial score (nSPS) is 10.2. The highest BCUT2D eigenvalue weighted by molar-refractivity contribution is 7.08. The van der Waals surface area contributed by atoms with Gasteiger partial charge in [-0.1, -0.05) is 0 Å². The van der Waals surface area contributed by atoms with Crippen molar-refractivity contribution in [2.45, 2.75) is 19.9 Å². The fourth-order valence-corrected chi connectivity index (χ4v) is 2.64. The lowest BCUT2D eigenvalue weighted by Crippen LogP contribution is -2.30. The van der Waals surface area contributed by atoms with Crippen LogP contribution in [0.4, 0.5) is 0 Å². The minimum Gasteiger partial charge on any atom is -0.465 e. The molecule has 128 valence electrons. The molecule has 0 aliphatic heterocycles. The molecule has 0 unspecified atom stereocenters. The lowest BCUT2D eigenvalue weighted by molar-refractivity contribution is -0.121. The maximum absolute atomic E-state index is 11.8. The number of carbonyl (C=O) groups excluding carboxylic acids is 3. The lowest BCUT2D eigenvalue weighted by Gasteiger charge is -2.05. The van der Waals surface area contributed by atoms with Crippen molar-refractivity contribution in [3.8, 4) is 0 Å². The zero-order valence-corrected chi connectivity index (χ0v) is 14.2. The molecule has 2 rings (SSSR count). The van der Waals surface area contributed by atoms with Gasteiger partial charge in [-0.05, 0) is 24.4 Å². The number of aryl methyl sites for hydroxylation is 1. The van der Waals surface area contributed by atoms with E-state index in [1.807, 2.05) is 5.38 Å². The fraction of sp³-hybridized carbons (Fsp3) is 0.312. The monoisotopic (exact) mass is 350 g/mol. The largest absolute Gasteiger partial charge is 0.465 e. The van der Waals surface area contributed by atoms with Crippen molar-refractivity contribution in [1.29, 1.82) is 0 Å². The highest BCUT2D eigenvalue weighted by atomic mass is 32.1. The van der Waals surface area contributed by atoms with Crippen molar-refractivity contribution in [1.82, 2.24) is 10.6 Å². The Balaban J connectivity index is 1.73. The van der Waals surface area contributed by atoms with E-state index >= 15 is 0 Å². The van der Waals surface area contributed by atoms with E-state index in [2.05, 4.69) is 15.4 Å². The van der Waals surface area contributed by atoms with Crippen LogP contribution in [0, 0.1) is 6.92 Å². The summed E-state index contributed by atoms with van der Waals surface area (Å²) in [6, 6.07) is 3.26. The number of hydrogen-bond donors (Lipinski definition) is 2. The minimum absolute atomic E-state index is 0.152. The summed E-state index contributed by atoms with van der Waals surface area (Å²) in [5.41, 5.74) is 0.923. The summed E-state index contributed by atoms with van der Waals surface area (Å²) in [7, 11) is 1.29. The van der Waals surface area contributed by atoms with Crippen LogP contribution in [0.1, 0.15) is 38.7 Å². The zero-order valence-electron chi connectivity index (χ0n) is 13.4. The minimum atomic E-state index is -0.482. The van der Waals surface area contributed by atoms with Crippen molar-refractivity contribution in [3.05, 3.63) is 45.5 Å². The van der Waals surface area contributed by atoms with Gasteiger partial charge in [-0.3, -0.25) is 9.59 Å². The Morgan fingerprint density at radius 3 is 2.75 bits per heavy atom. The Morgan fingerprint density at radius 2 is 2.08 bits per heavy atom. The lowest BCUT2D eigenvalue weighted by atomic mass is 10.2. The van der Waals surface area contributed by atoms with E-state index < -0.39 is 5.97 Å². The molecule has 0 saturated carbocycles.